The molecule has 1 aliphatic heterocycles. The van der Waals surface area contributed by atoms with Crippen LogP contribution in [0.2, 0.25) is 0 Å². The molecule has 0 saturated heterocycles. The minimum atomic E-state index is -1.82. The fourth-order valence-corrected chi connectivity index (χ4v) is 0.974. The topological polar surface area (TPSA) is 104 Å². The van der Waals surface area contributed by atoms with Crippen LogP contribution < -0.4 is 0 Å². The fourth-order valence-electron chi connectivity index (χ4n) is 0.974. The third-order valence-electron chi connectivity index (χ3n) is 1.65. The number of ketones is 1. The monoisotopic (exact) mass is 221 g/mol. The first kappa shape index (κ1) is 11.6. The molecule has 16 heavy (non-hydrogen) atoms. The Morgan fingerprint density at radius 2 is 1.75 bits per heavy atom. The summed E-state index contributed by atoms with van der Waals surface area (Å²) in [5.74, 6) is -3.63. The number of carboxylic acids is 2. The van der Waals surface area contributed by atoms with Gasteiger partial charge in [-0.15, -0.1) is 0 Å². The quantitative estimate of drug-likeness (QED) is 0.567. The minimum Gasteiger partial charge on any atom is -0.473 e. The van der Waals surface area contributed by atoms with Crippen molar-refractivity contribution in [3.63, 3.8) is 0 Å². The Balaban J connectivity index is 0.000000187. The zero-order chi connectivity index (χ0) is 12.1. The van der Waals surface area contributed by atoms with Crippen molar-refractivity contribution in [3.8, 4) is 0 Å². The third-order valence-corrected chi connectivity index (χ3v) is 1.65. The van der Waals surface area contributed by atoms with E-state index < -0.39 is 11.9 Å². The van der Waals surface area contributed by atoms with E-state index in [-0.39, 0.29) is 5.78 Å². The van der Waals surface area contributed by atoms with E-state index in [9.17, 15) is 4.79 Å². The summed E-state index contributed by atoms with van der Waals surface area (Å²) in [5.41, 5.74) is 1.81. The second-order valence-electron chi connectivity index (χ2n) is 2.78. The fraction of sp³-hybridized carbons (Fsp3) is 0. The van der Waals surface area contributed by atoms with Gasteiger partial charge >= 0.3 is 11.9 Å². The molecular weight excluding hydrogens is 214 g/mol. The highest BCUT2D eigenvalue weighted by Gasteiger charge is 2.10. The Labute approximate surface area is 89.9 Å². The molecule has 2 aliphatic rings. The van der Waals surface area contributed by atoms with Crippen molar-refractivity contribution in [2.45, 2.75) is 0 Å². The van der Waals surface area contributed by atoms with E-state index in [1.807, 2.05) is 6.08 Å². The van der Waals surface area contributed by atoms with Gasteiger partial charge in [-0.25, -0.2) is 9.59 Å². The summed E-state index contributed by atoms with van der Waals surface area (Å²) >= 11 is 0. The van der Waals surface area contributed by atoms with Crippen LogP contribution in [0.25, 0.3) is 0 Å². The van der Waals surface area contributed by atoms with E-state index in [0.29, 0.717) is 0 Å². The molecule has 0 aromatic rings. The molecule has 0 aromatic heterocycles. The molecular formula is C10H7NO5. The SMILES string of the molecule is O=C(O)C(=O)O.O=C1C=CC2=CC=NC2=C1. The molecule has 0 spiro atoms. The molecule has 1 heterocycles. The molecule has 1 aliphatic carbocycles. The lowest BCUT2D eigenvalue weighted by molar-refractivity contribution is -0.159. The highest BCUT2D eigenvalue weighted by molar-refractivity contribution is 6.27. The molecule has 6 heteroatoms. The van der Waals surface area contributed by atoms with Crippen LogP contribution in [-0.4, -0.2) is 34.1 Å². The zero-order valence-electron chi connectivity index (χ0n) is 7.95. The van der Waals surface area contributed by atoms with Crippen LogP contribution in [-0.2, 0) is 14.4 Å². The molecule has 2 rings (SSSR count). The second kappa shape index (κ2) is 4.83. The number of fused-ring (bicyclic) bond motifs is 1. The molecule has 0 aromatic carbocycles. The maximum Gasteiger partial charge on any atom is 0.414 e. The first-order chi connectivity index (χ1) is 7.50. The molecule has 0 amide bonds. The van der Waals surface area contributed by atoms with Crippen molar-refractivity contribution < 1.29 is 24.6 Å². The van der Waals surface area contributed by atoms with Crippen LogP contribution in [0, 0.1) is 0 Å². The Bertz CT molecular complexity index is 456. The summed E-state index contributed by atoms with van der Waals surface area (Å²) in [7, 11) is 0. The number of aliphatic carboxylic acids is 2. The van der Waals surface area contributed by atoms with E-state index >= 15 is 0 Å². The normalized spacial score (nSPS) is 15.6. The van der Waals surface area contributed by atoms with Gasteiger partial charge in [0.2, 0.25) is 0 Å². The maximum atomic E-state index is 10.7. The highest BCUT2D eigenvalue weighted by Crippen LogP contribution is 2.20. The van der Waals surface area contributed by atoms with Crippen LogP contribution in [0.3, 0.4) is 0 Å². The molecule has 6 nitrogen and oxygen atoms in total. The standard InChI is InChI=1S/C8H5NO.C2H2O4/c10-7-2-1-6-3-4-9-8(6)5-7;3-1(4)2(5)6/h1-5H;(H,3,4)(H,5,6). The van der Waals surface area contributed by atoms with Gasteiger partial charge < -0.3 is 10.2 Å². The van der Waals surface area contributed by atoms with Gasteiger partial charge in [0.15, 0.2) is 5.78 Å². The van der Waals surface area contributed by atoms with Gasteiger partial charge in [0.25, 0.3) is 0 Å². The summed E-state index contributed by atoms with van der Waals surface area (Å²) < 4.78 is 0. The predicted molar refractivity (Wildman–Crippen MR) is 54.1 cm³/mol. The van der Waals surface area contributed by atoms with Crippen LogP contribution in [0.4, 0.5) is 0 Å². The van der Waals surface area contributed by atoms with E-state index in [2.05, 4.69) is 4.99 Å². The lowest BCUT2D eigenvalue weighted by Crippen LogP contribution is -2.09. The van der Waals surface area contributed by atoms with E-state index in [1.54, 1.807) is 18.4 Å². The minimum absolute atomic E-state index is 0.0196. The smallest absolute Gasteiger partial charge is 0.414 e. The van der Waals surface area contributed by atoms with Crippen molar-refractivity contribution in [1.82, 2.24) is 0 Å². The molecule has 0 atom stereocenters. The first-order valence-corrected chi connectivity index (χ1v) is 4.15. The molecule has 0 fully saturated rings. The number of carbonyl (C=O) groups excluding carboxylic acids is 1. The van der Waals surface area contributed by atoms with Gasteiger partial charge in [0.05, 0.1) is 5.70 Å². The van der Waals surface area contributed by atoms with Crippen molar-refractivity contribution in [3.05, 3.63) is 35.6 Å². The Morgan fingerprint density at radius 3 is 2.31 bits per heavy atom. The number of aliphatic imine (C=N–C) groups is 1. The molecule has 0 bridgehead atoms. The van der Waals surface area contributed by atoms with Gasteiger partial charge in [0.1, 0.15) is 0 Å². The van der Waals surface area contributed by atoms with Crippen molar-refractivity contribution in [2.24, 2.45) is 4.99 Å². The number of hydrogen-bond donors (Lipinski definition) is 2. The molecule has 82 valence electrons. The van der Waals surface area contributed by atoms with Crippen LogP contribution in [0.5, 0.6) is 0 Å². The van der Waals surface area contributed by atoms with Gasteiger partial charge in [-0.2, -0.15) is 0 Å². The van der Waals surface area contributed by atoms with Crippen molar-refractivity contribution >= 4 is 23.9 Å². The number of rotatable bonds is 0. The number of carboxylic acid groups (broad SMARTS) is 2. The van der Waals surface area contributed by atoms with Gasteiger partial charge in [-0.1, -0.05) is 0 Å². The molecule has 2 N–H and O–H groups in total. The molecule has 0 unspecified atom stereocenters. The predicted octanol–water partition coefficient (Wildman–Crippen LogP) is 0.176. The molecule has 0 radical (unpaired) electrons. The lowest BCUT2D eigenvalue weighted by Gasteiger charge is -1.99. The maximum absolute atomic E-state index is 10.7. The van der Waals surface area contributed by atoms with E-state index in [4.69, 9.17) is 19.8 Å². The zero-order valence-corrected chi connectivity index (χ0v) is 7.95. The van der Waals surface area contributed by atoms with Gasteiger partial charge in [0, 0.05) is 17.9 Å². The largest absolute Gasteiger partial charge is 0.473 e. The average molecular weight is 221 g/mol. The number of hydrogen-bond acceptors (Lipinski definition) is 4. The number of carbonyl (C=O) groups is 3. The van der Waals surface area contributed by atoms with Crippen molar-refractivity contribution in [1.29, 1.82) is 0 Å². The van der Waals surface area contributed by atoms with Crippen LogP contribution >= 0.6 is 0 Å². The molecule has 0 saturated carbocycles. The Hall–Kier alpha value is -2.50. The average Bonchev–Trinajstić information content (AvgIpc) is 2.65. The van der Waals surface area contributed by atoms with Crippen LogP contribution in [0.15, 0.2) is 40.6 Å². The van der Waals surface area contributed by atoms with Crippen LogP contribution in [0.1, 0.15) is 0 Å². The summed E-state index contributed by atoms with van der Waals surface area (Å²) in [5, 5.41) is 14.8. The Morgan fingerprint density at radius 1 is 1.12 bits per heavy atom. The number of allylic oxidation sites excluding steroid dienone is 4. The van der Waals surface area contributed by atoms with Gasteiger partial charge in [-0.3, -0.25) is 9.79 Å². The number of nitrogens with zero attached hydrogens (tertiary/aromatic N) is 1. The van der Waals surface area contributed by atoms with E-state index in [0.717, 1.165) is 11.3 Å². The van der Waals surface area contributed by atoms with Gasteiger partial charge in [-0.05, 0) is 18.2 Å². The van der Waals surface area contributed by atoms with Crippen molar-refractivity contribution in [2.75, 3.05) is 0 Å². The first-order valence-electron chi connectivity index (χ1n) is 4.15. The second-order valence-corrected chi connectivity index (χ2v) is 2.78. The summed E-state index contributed by atoms with van der Waals surface area (Å²) in [6.45, 7) is 0. The van der Waals surface area contributed by atoms with E-state index in [1.165, 1.54) is 6.08 Å². The highest BCUT2D eigenvalue weighted by atomic mass is 16.4. The summed E-state index contributed by atoms with van der Waals surface area (Å²) in [6.07, 6.45) is 8.45. The third kappa shape index (κ3) is 3.02. The summed E-state index contributed by atoms with van der Waals surface area (Å²) in [6, 6.07) is 0. The Kier molecular flexibility index (Phi) is 3.49. The lowest BCUT2D eigenvalue weighted by atomic mass is 10.1. The summed E-state index contributed by atoms with van der Waals surface area (Å²) in [4.78, 5) is 32.9.